The number of thiocarbonyl (C=S) groups is 1. The lowest BCUT2D eigenvalue weighted by atomic mass is 10.2. The van der Waals surface area contributed by atoms with Gasteiger partial charge in [-0.05, 0) is 43.4 Å². The van der Waals surface area contributed by atoms with Crippen molar-refractivity contribution in [2.24, 2.45) is 0 Å². The number of amides is 1. The van der Waals surface area contributed by atoms with Crippen LogP contribution in [0.4, 0.5) is 5.69 Å². The number of carbonyl (C=O) groups excluding carboxylic acids is 1. The molecule has 4 heteroatoms. The Labute approximate surface area is 117 Å². The van der Waals surface area contributed by atoms with E-state index in [-0.39, 0.29) is 11.0 Å². The Morgan fingerprint density at radius 3 is 2.26 bits per heavy atom. The predicted octanol–water partition coefficient (Wildman–Crippen LogP) is 3.12. The molecular formula is C15H14N2OS. The van der Waals surface area contributed by atoms with Gasteiger partial charge in [-0.15, -0.1) is 0 Å². The highest BCUT2D eigenvalue weighted by Gasteiger charge is 2.06. The Morgan fingerprint density at radius 2 is 1.63 bits per heavy atom. The van der Waals surface area contributed by atoms with Crippen LogP contribution in [0, 0.1) is 6.92 Å². The van der Waals surface area contributed by atoms with Gasteiger partial charge in [-0.25, -0.2) is 0 Å². The van der Waals surface area contributed by atoms with Crippen molar-refractivity contribution < 1.29 is 4.79 Å². The van der Waals surface area contributed by atoms with Crippen molar-refractivity contribution >= 4 is 28.9 Å². The van der Waals surface area contributed by atoms with Gasteiger partial charge in [-0.1, -0.05) is 35.9 Å². The monoisotopic (exact) mass is 270 g/mol. The summed E-state index contributed by atoms with van der Waals surface area (Å²) in [6, 6.07) is 16.7. The Bertz CT molecular complexity index is 579. The molecule has 0 aliphatic rings. The molecule has 0 spiro atoms. The average Bonchev–Trinajstić information content (AvgIpc) is 2.42. The number of carbonyl (C=O) groups is 1. The largest absolute Gasteiger partial charge is 0.332 e. The molecule has 0 heterocycles. The van der Waals surface area contributed by atoms with Crippen molar-refractivity contribution in [1.29, 1.82) is 0 Å². The van der Waals surface area contributed by atoms with Crippen LogP contribution < -0.4 is 10.6 Å². The topological polar surface area (TPSA) is 41.1 Å². The SMILES string of the molecule is Cc1ccc(NC(=S)NC(=O)c2ccccc2)cc1. The lowest BCUT2D eigenvalue weighted by molar-refractivity contribution is 0.0978. The molecule has 0 bridgehead atoms. The van der Waals surface area contributed by atoms with Crippen molar-refractivity contribution in [3.8, 4) is 0 Å². The first-order valence-electron chi connectivity index (χ1n) is 5.89. The molecule has 2 rings (SSSR count). The number of benzene rings is 2. The Kier molecular flexibility index (Phi) is 4.26. The fourth-order valence-electron chi connectivity index (χ4n) is 1.56. The van der Waals surface area contributed by atoms with Crippen molar-refractivity contribution in [1.82, 2.24) is 5.32 Å². The highest BCUT2D eigenvalue weighted by molar-refractivity contribution is 7.80. The van der Waals surface area contributed by atoms with Crippen LogP contribution in [0.5, 0.6) is 0 Å². The lowest BCUT2D eigenvalue weighted by Gasteiger charge is -2.09. The van der Waals surface area contributed by atoms with E-state index in [0.717, 1.165) is 5.69 Å². The molecule has 2 N–H and O–H groups in total. The molecule has 0 aliphatic heterocycles. The summed E-state index contributed by atoms with van der Waals surface area (Å²) in [5.74, 6) is -0.217. The molecule has 1 amide bonds. The van der Waals surface area contributed by atoms with E-state index < -0.39 is 0 Å². The minimum Gasteiger partial charge on any atom is -0.332 e. The molecule has 2 aromatic rings. The zero-order chi connectivity index (χ0) is 13.7. The first-order chi connectivity index (χ1) is 9.15. The van der Waals surface area contributed by atoms with Crippen LogP contribution in [0.2, 0.25) is 0 Å². The number of hydrogen-bond acceptors (Lipinski definition) is 2. The third-order valence-electron chi connectivity index (χ3n) is 2.57. The van der Waals surface area contributed by atoms with Crippen LogP contribution in [-0.4, -0.2) is 11.0 Å². The van der Waals surface area contributed by atoms with E-state index >= 15 is 0 Å². The van der Waals surface area contributed by atoms with Crippen molar-refractivity contribution in [2.45, 2.75) is 6.92 Å². The number of hydrogen-bond donors (Lipinski definition) is 2. The number of aryl methyl sites for hydroxylation is 1. The van der Waals surface area contributed by atoms with E-state index in [2.05, 4.69) is 10.6 Å². The summed E-state index contributed by atoms with van der Waals surface area (Å²) in [5, 5.41) is 5.90. The Balaban J connectivity index is 1.95. The van der Waals surface area contributed by atoms with Crippen molar-refractivity contribution in [2.75, 3.05) is 5.32 Å². The zero-order valence-corrected chi connectivity index (χ0v) is 11.3. The number of rotatable bonds is 2. The summed E-state index contributed by atoms with van der Waals surface area (Å²) < 4.78 is 0. The van der Waals surface area contributed by atoms with E-state index in [1.54, 1.807) is 12.1 Å². The van der Waals surface area contributed by atoms with E-state index in [9.17, 15) is 4.79 Å². The van der Waals surface area contributed by atoms with Crippen LogP contribution in [0.25, 0.3) is 0 Å². The van der Waals surface area contributed by atoms with Crippen molar-refractivity contribution in [3.05, 3.63) is 65.7 Å². The summed E-state index contributed by atoms with van der Waals surface area (Å²) in [7, 11) is 0. The van der Waals surface area contributed by atoms with Crippen LogP contribution in [-0.2, 0) is 0 Å². The van der Waals surface area contributed by atoms with E-state index in [4.69, 9.17) is 12.2 Å². The fraction of sp³-hybridized carbons (Fsp3) is 0.0667. The molecule has 0 saturated heterocycles. The summed E-state index contributed by atoms with van der Waals surface area (Å²) in [6.45, 7) is 2.01. The molecule has 0 atom stereocenters. The van der Waals surface area contributed by atoms with Crippen LogP contribution in [0.3, 0.4) is 0 Å². The summed E-state index contributed by atoms with van der Waals surface area (Å²) in [6.07, 6.45) is 0. The van der Waals surface area contributed by atoms with Gasteiger partial charge >= 0.3 is 0 Å². The molecule has 2 aromatic carbocycles. The van der Waals surface area contributed by atoms with Crippen LogP contribution in [0.15, 0.2) is 54.6 Å². The quantitative estimate of drug-likeness (QED) is 0.824. The first-order valence-corrected chi connectivity index (χ1v) is 6.30. The van der Waals surface area contributed by atoms with Crippen LogP contribution >= 0.6 is 12.2 Å². The molecule has 0 unspecified atom stereocenters. The van der Waals surface area contributed by atoms with Gasteiger partial charge in [0.2, 0.25) is 0 Å². The van der Waals surface area contributed by atoms with Gasteiger partial charge in [-0.3, -0.25) is 10.1 Å². The third kappa shape index (κ3) is 3.89. The summed E-state index contributed by atoms with van der Waals surface area (Å²) in [5.41, 5.74) is 2.60. The van der Waals surface area contributed by atoms with Gasteiger partial charge in [-0.2, -0.15) is 0 Å². The van der Waals surface area contributed by atoms with Gasteiger partial charge in [0.1, 0.15) is 0 Å². The van der Waals surface area contributed by atoms with E-state index in [1.807, 2.05) is 49.4 Å². The fourth-order valence-corrected chi connectivity index (χ4v) is 1.77. The molecule has 19 heavy (non-hydrogen) atoms. The minimum atomic E-state index is -0.217. The second-order valence-corrected chi connectivity index (χ2v) is 4.55. The van der Waals surface area contributed by atoms with Gasteiger partial charge in [0.25, 0.3) is 5.91 Å². The average molecular weight is 270 g/mol. The first kappa shape index (κ1) is 13.2. The third-order valence-corrected chi connectivity index (χ3v) is 2.78. The Hall–Kier alpha value is -2.20. The highest BCUT2D eigenvalue weighted by Crippen LogP contribution is 2.08. The molecule has 96 valence electrons. The second-order valence-electron chi connectivity index (χ2n) is 4.14. The molecule has 0 saturated carbocycles. The molecule has 0 radical (unpaired) electrons. The van der Waals surface area contributed by atoms with Gasteiger partial charge in [0, 0.05) is 11.3 Å². The number of anilines is 1. The van der Waals surface area contributed by atoms with Crippen LogP contribution in [0.1, 0.15) is 15.9 Å². The molecular weight excluding hydrogens is 256 g/mol. The highest BCUT2D eigenvalue weighted by atomic mass is 32.1. The van der Waals surface area contributed by atoms with Gasteiger partial charge in [0.05, 0.1) is 0 Å². The maximum atomic E-state index is 11.9. The van der Waals surface area contributed by atoms with E-state index in [1.165, 1.54) is 5.56 Å². The lowest BCUT2D eigenvalue weighted by Crippen LogP contribution is -2.34. The maximum absolute atomic E-state index is 11.9. The van der Waals surface area contributed by atoms with Gasteiger partial charge in [0.15, 0.2) is 5.11 Å². The molecule has 0 fully saturated rings. The maximum Gasteiger partial charge on any atom is 0.257 e. The summed E-state index contributed by atoms with van der Waals surface area (Å²) >= 11 is 5.10. The standard InChI is InChI=1S/C15H14N2OS/c1-11-7-9-13(10-8-11)16-15(19)17-14(18)12-5-3-2-4-6-12/h2-10H,1H3,(H2,16,17,18,19). The van der Waals surface area contributed by atoms with E-state index in [0.29, 0.717) is 5.56 Å². The molecule has 3 nitrogen and oxygen atoms in total. The number of nitrogens with one attached hydrogen (secondary N) is 2. The molecule has 0 aromatic heterocycles. The normalized spacial score (nSPS) is 9.74. The predicted molar refractivity (Wildman–Crippen MR) is 81.3 cm³/mol. The minimum absolute atomic E-state index is 0.217. The zero-order valence-electron chi connectivity index (χ0n) is 10.5. The Morgan fingerprint density at radius 1 is 1.00 bits per heavy atom. The molecule has 0 aliphatic carbocycles. The summed E-state index contributed by atoms with van der Waals surface area (Å²) in [4.78, 5) is 11.9. The smallest absolute Gasteiger partial charge is 0.257 e. The second kappa shape index (κ2) is 6.11. The van der Waals surface area contributed by atoms with Gasteiger partial charge < -0.3 is 5.32 Å². The van der Waals surface area contributed by atoms with Crippen molar-refractivity contribution in [3.63, 3.8) is 0 Å².